The molecule has 4 fully saturated rings. The van der Waals surface area contributed by atoms with Crippen molar-refractivity contribution in [2.75, 3.05) is 11.9 Å². The van der Waals surface area contributed by atoms with Gasteiger partial charge in [-0.25, -0.2) is 0 Å². The van der Waals surface area contributed by atoms with Crippen LogP contribution < -0.4 is 10.1 Å². The third-order valence-electron chi connectivity index (χ3n) is 7.15. The summed E-state index contributed by atoms with van der Waals surface area (Å²) in [4.78, 5) is 12.2. The van der Waals surface area contributed by atoms with Gasteiger partial charge in [0.15, 0.2) is 6.61 Å². The van der Waals surface area contributed by atoms with Crippen molar-refractivity contribution in [1.29, 1.82) is 5.26 Å². The van der Waals surface area contributed by atoms with E-state index in [-0.39, 0.29) is 12.5 Å². The molecule has 0 heterocycles. The van der Waals surface area contributed by atoms with Crippen molar-refractivity contribution >= 4 is 11.6 Å². The van der Waals surface area contributed by atoms with E-state index in [1.165, 1.54) is 44.1 Å². The predicted octanol–water partition coefficient (Wildman–Crippen LogP) is 5.04. The Labute approximate surface area is 171 Å². The summed E-state index contributed by atoms with van der Waals surface area (Å²) in [6.45, 7) is -0.0481. The van der Waals surface area contributed by atoms with Crippen LogP contribution in [0.5, 0.6) is 5.75 Å². The van der Waals surface area contributed by atoms with Crippen LogP contribution in [-0.4, -0.2) is 12.5 Å². The van der Waals surface area contributed by atoms with E-state index in [9.17, 15) is 4.79 Å². The summed E-state index contributed by atoms with van der Waals surface area (Å²) in [6.07, 6.45) is 8.41. The number of nitrogens with one attached hydrogen (secondary N) is 1. The topological polar surface area (TPSA) is 62.1 Å². The van der Waals surface area contributed by atoms with Crippen LogP contribution >= 0.6 is 0 Å². The Bertz CT molecular complexity index is 922. The Hall–Kier alpha value is -2.80. The monoisotopic (exact) mass is 386 g/mol. The number of nitrogens with zero attached hydrogens (tertiary/aromatic N) is 1. The zero-order valence-electron chi connectivity index (χ0n) is 16.6. The first kappa shape index (κ1) is 18.2. The van der Waals surface area contributed by atoms with E-state index in [0.29, 0.717) is 16.7 Å². The van der Waals surface area contributed by atoms with Gasteiger partial charge in [0.25, 0.3) is 5.91 Å². The van der Waals surface area contributed by atoms with Crippen molar-refractivity contribution in [3.63, 3.8) is 0 Å². The molecule has 1 amide bonds. The van der Waals surface area contributed by atoms with Gasteiger partial charge in [0, 0.05) is 5.69 Å². The van der Waals surface area contributed by atoms with Crippen LogP contribution in [0.15, 0.2) is 48.5 Å². The van der Waals surface area contributed by atoms with Crippen molar-refractivity contribution in [3.05, 3.63) is 59.7 Å². The molecule has 4 nitrogen and oxygen atoms in total. The van der Waals surface area contributed by atoms with E-state index in [2.05, 4.69) is 23.5 Å². The summed E-state index contributed by atoms with van der Waals surface area (Å²) in [5.41, 5.74) is 2.97. The second-order valence-corrected chi connectivity index (χ2v) is 9.25. The normalized spacial score (nSPS) is 29.3. The molecule has 0 atom stereocenters. The molecule has 0 aromatic heterocycles. The van der Waals surface area contributed by atoms with E-state index >= 15 is 0 Å². The smallest absolute Gasteiger partial charge is 0.262 e. The number of ether oxygens (including phenoxy) is 1. The largest absolute Gasteiger partial charge is 0.484 e. The molecule has 148 valence electrons. The summed E-state index contributed by atoms with van der Waals surface area (Å²) >= 11 is 0. The van der Waals surface area contributed by atoms with Gasteiger partial charge in [0.2, 0.25) is 0 Å². The third kappa shape index (κ3) is 3.62. The second-order valence-electron chi connectivity index (χ2n) is 9.25. The number of carbonyl (C=O) groups excluding carboxylic acids is 1. The van der Waals surface area contributed by atoms with Crippen LogP contribution in [-0.2, 0) is 10.2 Å². The van der Waals surface area contributed by atoms with Gasteiger partial charge in [0.05, 0.1) is 11.6 Å². The van der Waals surface area contributed by atoms with Crippen LogP contribution in [0.4, 0.5) is 5.69 Å². The van der Waals surface area contributed by atoms with Crippen molar-refractivity contribution in [2.45, 2.75) is 43.9 Å². The lowest BCUT2D eigenvalue weighted by Crippen LogP contribution is -2.48. The van der Waals surface area contributed by atoms with Crippen molar-refractivity contribution < 1.29 is 9.53 Å². The van der Waals surface area contributed by atoms with Gasteiger partial charge in [-0.1, -0.05) is 18.2 Å². The van der Waals surface area contributed by atoms with Crippen LogP contribution in [0, 0.1) is 29.1 Å². The number of hydrogen-bond acceptors (Lipinski definition) is 3. The maximum atomic E-state index is 12.2. The highest BCUT2D eigenvalue weighted by Gasteiger charge is 2.51. The Morgan fingerprint density at radius 1 is 1.03 bits per heavy atom. The number of hydrogen-bond donors (Lipinski definition) is 1. The molecule has 0 aliphatic heterocycles. The zero-order valence-corrected chi connectivity index (χ0v) is 16.6. The fourth-order valence-corrected chi connectivity index (χ4v) is 6.38. The van der Waals surface area contributed by atoms with Crippen LogP contribution in [0.2, 0.25) is 0 Å². The van der Waals surface area contributed by atoms with Crippen molar-refractivity contribution in [1.82, 2.24) is 0 Å². The minimum Gasteiger partial charge on any atom is -0.484 e. The lowest BCUT2D eigenvalue weighted by molar-refractivity contribution is -0.118. The van der Waals surface area contributed by atoms with E-state index < -0.39 is 0 Å². The molecule has 1 N–H and O–H groups in total. The zero-order chi connectivity index (χ0) is 19.8. The highest BCUT2D eigenvalue weighted by atomic mass is 16.5. The molecule has 0 spiro atoms. The highest BCUT2D eigenvalue weighted by Crippen LogP contribution is 2.60. The lowest BCUT2D eigenvalue weighted by atomic mass is 9.48. The Kier molecular flexibility index (Phi) is 4.54. The first-order valence-electron chi connectivity index (χ1n) is 10.7. The van der Waals surface area contributed by atoms with Crippen LogP contribution in [0.25, 0.3) is 0 Å². The first-order chi connectivity index (χ1) is 14.1. The Morgan fingerprint density at radius 2 is 1.69 bits per heavy atom. The fourth-order valence-electron chi connectivity index (χ4n) is 6.38. The molecule has 4 bridgehead atoms. The molecule has 4 aliphatic carbocycles. The van der Waals surface area contributed by atoms with E-state index in [1.807, 2.05) is 12.1 Å². The van der Waals surface area contributed by atoms with Crippen molar-refractivity contribution in [2.24, 2.45) is 17.8 Å². The summed E-state index contributed by atoms with van der Waals surface area (Å²) in [7, 11) is 0. The summed E-state index contributed by atoms with van der Waals surface area (Å²) in [5.74, 6) is 3.28. The van der Waals surface area contributed by atoms with Gasteiger partial charge in [-0.2, -0.15) is 5.26 Å². The highest BCUT2D eigenvalue weighted by molar-refractivity contribution is 5.92. The third-order valence-corrected chi connectivity index (χ3v) is 7.15. The molecule has 0 unspecified atom stereocenters. The maximum Gasteiger partial charge on any atom is 0.262 e. The fraction of sp³-hybridized carbons (Fsp3) is 0.440. The molecule has 4 aliphatic rings. The predicted molar refractivity (Wildman–Crippen MR) is 112 cm³/mol. The van der Waals surface area contributed by atoms with Gasteiger partial charge in [0.1, 0.15) is 5.75 Å². The van der Waals surface area contributed by atoms with Gasteiger partial charge < -0.3 is 10.1 Å². The average molecular weight is 386 g/mol. The summed E-state index contributed by atoms with van der Waals surface area (Å²) in [5, 5.41) is 11.7. The second kappa shape index (κ2) is 7.22. The van der Waals surface area contributed by atoms with Gasteiger partial charge in [-0.15, -0.1) is 0 Å². The molecular formula is C25H26N2O2. The Balaban J connectivity index is 1.20. The van der Waals surface area contributed by atoms with Gasteiger partial charge >= 0.3 is 0 Å². The summed E-state index contributed by atoms with van der Waals surface area (Å²) < 4.78 is 5.69. The average Bonchev–Trinajstić information content (AvgIpc) is 2.72. The number of rotatable bonds is 5. The van der Waals surface area contributed by atoms with E-state index in [1.54, 1.807) is 24.3 Å². The molecule has 4 saturated carbocycles. The number of amides is 1. The van der Waals surface area contributed by atoms with E-state index in [0.717, 1.165) is 23.5 Å². The molecule has 6 rings (SSSR count). The van der Waals surface area contributed by atoms with Crippen molar-refractivity contribution in [3.8, 4) is 11.8 Å². The quantitative estimate of drug-likeness (QED) is 0.783. The number of carbonyl (C=O) groups is 1. The number of benzene rings is 2. The number of nitriles is 1. The lowest BCUT2D eigenvalue weighted by Gasteiger charge is -2.57. The number of anilines is 1. The molecule has 0 saturated heterocycles. The Morgan fingerprint density at radius 3 is 2.31 bits per heavy atom. The molecule has 2 aromatic carbocycles. The molecule has 0 radical (unpaired) electrons. The minimum atomic E-state index is -0.231. The SMILES string of the molecule is N#Cc1cccc(NC(=O)COc2ccc(C34CC5CC(CC(C5)C3)C4)cc2)c1. The van der Waals surface area contributed by atoms with Gasteiger partial charge in [-0.05, 0) is 97.6 Å². The standard InChI is InChI=1S/C25H26N2O2/c26-15-17-2-1-3-22(11-17)27-24(28)16-29-23-6-4-21(5-7-23)25-12-18-8-19(13-25)10-20(9-18)14-25/h1-7,11,18-20H,8-10,12-14,16H2,(H,27,28). The molecule has 4 heteroatoms. The van der Waals surface area contributed by atoms with Gasteiger partial charge in [-0.3, -0.25) is 4.79 Å². The molecule has 2 aromatic rings. The maximum absolute atomic E-state index is 12.2. The van der Waals surface area contributed by atoms with Crippen LogP contribution in [0.1, 0.15) is 49.7 Å². The van der Waals surface area contributed by atoms with E-state index in [4.69, 9.17) is 10.00 Å². The molecule has 29 heavy (non-hydrogen) atoms. The first-order valence-corrected chi connectivity index (χ1v) is 10.7. The molecular weight excluding hydrogens is 360 g/mol. The summed E-state index contributed by atoms with van der Waals surface area (Å²) in [6, 6.07) is 17.4. The minimum absolute atomic E-state index is 0.0481. The van der Waals surface area contributed by atoms with Crippen LogP contribution in [0.3, 0.4) is 0 Å².